The van der Waals surface area contributed by atoms with E-state index in [-0.39, 0.29) is 10.7 Å². The average Bonchev–Trinajstić information content (AvgIpc) is 2.32. The van der Waals surface area contributed by atoms with Crippen LogP contribution in [0.25, 0.3) is 0 Å². The monoisotopic (exact) mass is 312 g/mol. The van der Waals surface area contributed by atoms with E-state index in [2.05, 4.69) is 17.2 Å². The number of carbonyl (C=O) groups excluding carboxylic acids is 1. The van der Waals surface area contributed by atoms with Gasteiger partial charge in [0.15, 0.2) is 0 Å². The fraction of sp³-hybridized carbons (Fsp3) is 0.400. The summed E-state index contributed by atoms with van der Waals surface area (Å²) in [7, 11) is 0. The molecule has 1 aromatic rings. The number of benzene rings is 1. The average molecular weight is 313 g/mol. The van der Waals surface area contributed by atoms with E-state index in [9.17, 15) is 9.18 Å². The Kier molecular flexibility index (Phi) is 5.86. The highest BCUT2D eigenvalue weighted by atomic mass is 35.5. The zero-order valence-corrected chi connectivity index (χ0v) is 13.0. The third-order valence-electron chi connectivity index (χ3n) is 2.24. The topological polar surface area (TPSA) is 64.3 Å². The number of hydrogen-bond acceptors (Lipinski definition) is 3. The Balaban J connectivity index is 2.50. The predicted molar refractivity (Wildman–Crippen MR) is 81.6 cm³/mol. The minimum atomic E-state index is -0.539. The summed E-state index contributed by atoms with van der Waals surface area (Å²) < 4.78 is 18.2. The summed E-state index contributed by atoms with van der Waals surface area (Å²) in [5.74, 6) is 5.02. The fourth-order valence-electron chi connectivity index (χ4n) is 1.39. The number of carbonyl (C=O) groups is 1. The van der Waals surface area contributed by atoms with Crippen molar-refractivity contribution in [3.8, 4) is 11.8 Å². The Morgan fingerprint density at radius 1 is 1.48 bits per heavy atom. The van der Waals surface area contributed by atoms with Crippen LogP contribution in [0.5, 0.6) is 0 Å². The van der Waals surface area contributed by atoms with Crippen LogP contribution in [0.2, 0.25) is 5.02 Å². The van der Waals surface area contributed by atoms with Crippen LogP contribution in [0.3, 0.4) is 0 Å². The lowest BCUT2D eigenvalue weighted by Crippen LogP contribution is -2.32. The normalized spacial score (nSPS) is 10.5. The van der Waals surface area contributed by atoms with Gasteiger partial charge in [-0.15, -0.1) is 0 Å². The summed E-state index contributed by atoms with van der Waals surface area (Å²) in [6, 6.07) is 2.35. The van der Waals surface area contributed by atoms with Gasteiger partial charge in [0.05, 0.1) is 16.3 Å². The molecule has 0 bridgehead atoms. The molecule has 0 unspecified atom stereocenters. The van der Waals surface area contributed by atoms with Crippen molar-refractivity contribution in [2.24, 2.45) is 0 Å². The van der Waals surface area contributed by atoms with E-state index in [1.165, 1.54) is 6.07 Å². The second kappa shape index (κ2) is 7.19. The summed E-state index contributed by atoms with van der Waals surface area (Å²) in [4.78, 5) is 11.4. The highest BCUT2D eigenvalue weighted by molar-refractivity contribution is 6.33. The standard InChI is InChI=1S/C15H18ClFN2O2/c1-15(2,3)21-14(20)19-7-5-4-6-10-8-11(17)9-12(16)13(10)18/h8-9H,5,7,18H2,1-3H3,(H,19,20). The van der Waals surface area contributed by atoms with Crippen LogP contribution in [-0.2, 0) is 4.74 Å². The van der Waals surface area contributed by atoms with Gasteiger partial charge in [-0.1, -0.05) is 23.4 Å². The molecule has 0 heterocycles. The van der Waals surface area contributed by atoms with Crippen LogP contribution in [0, 0.1) is 17.7 Å². The third-order valence-corrected chi connectivity index (χ3v) is 2.55. The van der Waals surface area contributed by atoms with Crippen molar-refractivity contribution in [2.45, 2.75) is 32.8 Å². The van der Waals surface area contributed by atoms with Gasteiger partial charge in [0, 0.05) is 13.0 Å². The molecule has 1 aromatic carbocycles. The molecule has 0 saturated carbocycles. The Labute approximate surface area is 128 Å². The summed E-state index contributed by atoms with van der Waals surface area (Å²) in [6.07, 6.45) is -0.120. The van der Waals surface area contributed by atoms with Crippen molar-refractivity contribution in [3.05, 3.63) is 28.5 Å². The molecule has 21 heavy (non-hydrogen) atoms. The van der Waals surface area contributed by atoms with Gasteiger partial charge >= 0.3 is 6.09 Å². The van der Waals surface area contributed by atoms with Gasteiger partial charge < -0.3 is 15.8 Å². The number of ether oxygens (including phenoxy) is 1. The fourth-order valence-corrected chi connectivity index (χ4v) is 1.59. The number of rotatable bonds is 2. The molecule has 1 rings (SSSR count). The van der Waals surface area contributed by atoms with Crippen LogP contribution in [-0.4, -0.2) is 18.2 Å². The van der Waals surface area contributed by atoms with E-state index >= 15 is 0 Å². The van der Waals surface area contributed by atoms with Gasteiger partial charge in [0.1, 0.15) is 11.4 Å². The van der Waals surface area contributed by atoms with Crippen molar-refractivity contribution in [2.75, 3.05) is 12.3 Å². The van der Waals surface area contributed by atoms with Crippen molar-refractivity contribution in [1.29, 1.82) is 0 Å². The molecule has 4 nitrogen and oxygen atoms in total. The van der Waals surface area contributed by atoms with Crippen LogP contribution < -0.4 is 11.1 Å². The molecular formula is C15H18ClFN2O2. The number of nitrogens with one attached hydrogen (secondary N) is 1. The molecule has 0 fully saturated rings. The number of halogens is 2. The zero-order valence-electron chi connectivity index (χ0n) is 12.2. The summed E-state index contributed by atoms with van der Waals surface area (Å²) in [5.41, 5.74) is 5.73. The van der Waals surface area contributed by atoms with Gasteiger partial charge in [-0.3, -0.25) is 0 Å². The maximum absolute atomic E-state index is 13.2. The molecule has 0 radical (unpaired) electrons. The Morgan fingerprint density at radius 2 is 2.14 bits per heavy atom. The van der Waals surface area contributed by atoms with Crippen molar-refractivity contribution < 1.29 is 13.9 Å². The first kappa shape index (κ1) is 17.1. The lowest BCUT2D eigenvalue weighted by molar-refractivity contribution is 0.0529. The third kappa shape index (κ3) is 6.37. The van der Waals surface area contributed by atoms with E-state index in [1.807, 2.05) is 0 Å². The Hall–Kier alpha value is -1.93. The van der Waals surface area contributed by atoms with Crippen LogP contribution >= 0.6 is 11.6 Å². The van der Waals surface area contributed by atoms with Gasteiger partial charge in [-0.25, -0.2) is 9.18 Å². The SMILES string of the molecule is CC(C)(C)OC(=O)NCCC#Cc1cc(F)cc(Cl)c1N. The molecular weight excluding hydrogens is 295 g/mol. The van der Waals surface area contributed by atoms with Crippen LogP contribution in [0.1, 0.15) is 32.8 Å². The molecule has 1 amide bonds. The number of nitrogens with two attached hydrogens (primary N) is 1. The molecule has 0 aliphatic rings. The molecule has 6 heteroatoms. The lowest BCUT2D eigenvalue weighted by atomic mass is 10.2. The molecule has 0 atom stereocenters. The van der Waals surface area contributed by atoms with E-state index in [4.69, 9.17) is 22.1 Å². The quantitative estimate of drug-likeness (QED) is 0.500. The number of hydrogen-bond donors (Lipinski definition) is 2. The molecule has 0 aliphatic heterocycles. The van der Waals surface area contributed by atoms with Gasteiger partial charge in [0.2, 0.25) is 0 Å². The number of nitrogen functional groups attached to an aromatic ring is 1. The number of alkyl carbamates (subject to hydrolysis) is 1. The van der Waals surface area contributed by atoms with Crippen LogP contribution in [0.15, 0.2) is 12.1 Å². The van der Waals surface area contributed by atoms with Crippen LogP contribution in [0.4, 0.5) is 14.9 Å². The summed E-state index contributed by atoms with van der Waals surface area (Å²) in [5, 5.41) is 2.70. The van der Waals surface area contributed by atoms with Gasteiger partial charge in [0.25, 0.3) is 0 Å². The smallest absolute Gasteiger partial charge is 0.407 e. The van der Waals surface area contributed by atoms with E-state index in [1.54, 1.807) is 20.8 Å². The van der Waals surface area contributed by atoms with Crippen molar-refractivity contribution in [3.63, 3.8) is 0 Å². The number of amides is 1. The minimum absolute atomic E-state index is 0.131. The lowest BCUT2D eigenvalue weighted by Gasteiger charge is -2.19. The second-order valence-corrected chi connectivity index (χ2v) is 5.74. The van der Waals surface area contributed by atoms with E-state index in [0.29, 0.717) is 18.5 Å². The van der Waals surface area contributed by atoms with E-state index in [0.717, 1.165) is 6.07 Å². The highest BCUT2D eigenvalue weighted by Gasteiger charge is 2.15. The molecule has 3 N–H and O–H groups in total. The van der Waals surface area contributed by atoms with Gasteiger partial charge in [-0.2, -0.15) is 0 Å². The van der Waals surface area contributed by atoms with Gasteiger partial charge in [-0.05, 0) is 32.9 Å². The minimum Gasteiger partial charge on any atom is -0.444 e. The Morgan fingerprint density at radius 3 is 2.76 bits per heavy atom. The van der Waals surface area contributed by atoms with E-state index < -0.39 is 17.5 Å². The van der Waals surface area contributed by atoms with Crippen molar-refractivity contribution in [1.82, 2.24) is 5.32 Å². The predicted octanol–water partition coefficient (Wildman–Crippen LogP) is 3.33. The Bertz CT molecular complexity index is 586. The highest BCUT2D eigenvalue weighted by Crippen LogP contribution is 2.23. The molecule has 0 aromatic heterocycles. The first-order valence-corrected chi connectivity index (χ1v) is 6.77. The second-order valence-electron chi connectivity index (χ2n) is 5.33. The largest absolute Gasteiger partial charge is 0.444 e. The summed E-state index contributed by atoms with van der Waals surface area (Å²) >= 11 is 5.76. The first-order chi connectivity index (χ1) is 9.69. The number of anilines is 1. The summed E-state index contributed by atoms with van der Waals surface area (Å²) in [6.45, 7) is 5.67. The molecule has 0 saturated heterocycles. The maximum Gasteiger partial charge on any atom is 0.407 e. The first-order valence-electron chi connectivity index (χ1n) is 6.39. The van der Waals surface area contributed by atoms with Crippen molar-refractivity contribution >= 4 is 23.4 Å². The molecule has 114 valence electrons. The molecule has 0 aliphatic carbocycles. The zero-order chi connectivity index (χ0) is 16.0. The molecule has 0 spiro atoms. The maximum atomic E-state index is 13.2.